The summed E-state index contributed by atoms with van der Waals surface area (Å²) in [6.45, 7) is 4.54. The van der Waals surface area contributed by atoms with E-state index in [1.165, 1.54) is 18.3 Å². The maximum atomic E-state index is 5.81. The second-order valence-corrected chi connectivity index (χ2v) is 7.65. The molecule has 11 heteroatoms. The molecule has 0 radical (unpaired) electrons. The summed E-state index contributed by atoms with van der Waals surface area (Å²) in [7, 11) is 4.88. The van der Waals surface area contributed by atoms with Crippen LogP contribution in [0.15, 0.2) is 36.8 Å². The maximum Gasteiger partial charge on any atom is 0.238 e. The first-order valence-corrected chi connectivity index (χ1v) is 9.91. The van der Waals surface area contributed by atoms with Gasteiger partial charge in [-0.15, -0.1) is 0 Å². The SMILES string of the molecule is COc1nc(/C(=C/N)N(C)N)ccc1Nc1ncc2ccnc(NCC(C)(C)OC)c2n1. The molecular weight excluding hydrogens is 410 g/mol. The third-order valence-electron chi connectivity index (χ3n) is 4.83. The summed E-state index contributed by atoms with van der Waals surface area (Å²) in [5, 5.41) is 8.69. The molecule has 0 unspecified atom stereocenters. The van der Waals surface area contributed by atoms with Gasteiger partial charge in [0.05, 0.1) is 24.1 Å². The summed E-state index contributed by atoms with van der Waals surface area (Å²) in [6.07, 6.45) is 4.82. The number of anilines is 3. The Morgan fingerprint density at radius 1 is 1.19 bits per heavy atom. The number of hydrogen-bond acceptors (Lipinski definition) is 11. The summed E-state index contributed by atoms with van der Waals surface area (Å²) in [5.41, 5.74) is 7.70. The zero-order valence-electron chi connectivity index (χ0n) is 18.9. The largest absolute Gasteiger partial charge is 0.479 e. The van der Waals surface area contributed by atoms with Crippen LogP contribution in [0.1, 0.15) is 19.5 Å². The van der Waals surface area contributed by atoms with Gasteiger partial charge in [-0.2, -0.15) is 0 Å². The molecule has 0 atom stereocenters. The third-order valence-corrected chi connectivity index (χ3v) is 4.83. The monoisotopic (exact) mass is 439 g/mol. The lowest BCUT2D eigenvalue weighted by molar-refractivity contribution is 0.0343. The van der Waals surface area contributed by atoms with Gasteiger partial charge in [0.1, 0.15) is 11.2 Å². The van der Waals surface area contributed by atoms with Crippen molar-refractivity contribution in [3.63, 3.8) is 0 Å². The lowest BCUT2D eigenvalue weighted by atomic mass is 10.1. The van der Waals surface area contributed by atoms with E-state index in [0.717, 1.165) is 5.39 Å². The first-order chi connectivity index (χ1) is 15.3. The predicted octanol–water partition coefficient (Wildman–Crippen LogP) is 2.07. The van der Waals surface area contributed by atoms with E-state index in [4.69, 9.17) is 21.1 Å². The smallest absolute Gasteiger partial charge is 0.238 e. The number of nitrogens with two attached hydrogens (primary N) is 2. The fraction of sp³-hybridized carbons (Fsp3) is 0.333. The minimum Gasteiger partial charge on any atom is -0.479 e. The first kappa shape index (κ1) is 23.0. The normalized spacial score (nSPS) is 12.0. The lowest BCUT2D eigenvalue weighted by Gasteiger charge is -2.23. The number of nitrogens with zero attached hydrogens (tertiary/aromatic N) is 5. The Morgan fingerprint density at radius 2 is 1.97 bits per heavy atom. The highest BCUT2D eigenvalue weighted by molar-refractivity contribution is 5.88. The number of fused-ring (bicyclic) bond motifs is 1. The van der Waals surface area contributed by atoms with Crippen LogP contribution >= 0.6 is 0 Å². The van der Waals surface area contributed by atoms with Crippen LogP contribution in [-0.2, 0) is 4.74 Å². The summed E-state index contributed by atoms with van der Waals surface area (Å²) >= 11 is 0. The molecule has 0 aliphatic rings. The fourth-order valence-corrected chi connectivity index (χ4v) is 2.85. The zero-order chi connectivity index (χ0) is 23.3. The van der Waals surface area contributed by atoms with Crippen molar-refractivity contribution in [3.05, 3.63) is 42.5 Å². The van der Waals surface area contributed by atoms with Gasteiger partial charge in [0.2, 0.25) is 11.8 Å². The molecule has 170 valence electrons. The number of nitrogens with one attached hydrogen (secondary N) is 2. The third kappa shape index (κ3) is 5.13. The lowest BCUT2D eigenvalue weighted by Crippen LogP contribution is -2.32. The molecule has 3 rings (SSSR count). The van der Waals surface area contributed by atoms with Crippen LogP contribution in [-0.4, -0.2) is 58.4 Å². The number of rotatable bonds is 9. The van der Waals surface area contributed by atoms with E-state index in [-0.39, 0.29) is 5.60 Å². The standard InChI is InChI=1S/C21H29N9O2/c1-21(2,32-5)12-26-18-17-13(8-9-24-18)11-25-20(29-17)28-15-7-6-14(27-19(15)31-4)16(10-22)30(3)23/h6-11H,12,22-23H2,1-5H3,(H,24,26)(H,25,28,29)/b16-10-. The highest BCUT2D eigenvalue weighted by atomic mass is 16.5. The Labute approximate surface area is 186 Å². The van der Waals surface area contributed by atoms with Gasteiger partial charge in [0.15, 0.2) is 5.82 Å². The molecule has 0 saturated heterocycles. The van der Waals surface area contributed by atoms with Crippen molar-refractivity contribution in [2.75, 3.05) is 38.4 Å². The molecule has 0 saturated carbocycles. The number of hydrogen-bond donors (Lipinski definition) is 4. The number of hydrazine groups is 1. The van der Waals surface area contributed by atoms with E-state index in [0.29, 0.717) is 46.8 Å². The van der Waals surface area contributed by atoms with Gasteiger partial charge < -0.3 is 30.8 Å². The van der Waals surface area contributed by atoms with E-state index in [1.54, 1.807) is 38.7 Å². The predicted molar refractivity (Wildman–Crippen MR) is 125 cm³/mol. The summed E-state index contributed by atoms with van der Waals surface area (Å²) in [6, 6.07) is 5.42. The molecule has 3 heterocycles. The molecular formula is C21H29N9O2. The van der Waals surface area contributed by atoms with E-state index < -0.39 is 0 Å². The minimum absolute atomic E-state index is 0.346. The molecule has 0 aromatic carbocycles. The molecule has 0 bridgehead atoms. The Hall–Kier alpha value is -3.70. The van der Waals surface area contributed by atoms with E-state index in [2.05, 4.69) is 30.6 Å². The average molecular weight is 440 g/mol. The zero-order valence-corrected chi connectivity index (χ0v) is 18.9. The van der Waals surface area contributed by atoms with E-state index in [9.17, 15) is 0 Å². The summed E-state index contributed by atoms with van der Waals surface area (Å²) in [5.74, 6) is 7.17. The molecule has 3 aromatic heterocycles. The van der Waals surface area contributed by atoms with Crippen LogP contribution in [0.2, 0.25) is 0 Å². The fourth-order valence-electron chi connectivity index (χ4n) is 2.85. The van der Waals surface area contributed by atoms with Gasteiger partial charge in [0.25, 0.3) is 0 Å². The highest BCUT2D eigenvalue weighted by Gasteiger charge is 2.18. The van der Waals surface area contributed by atoms with E-state index in [1.807, 2.05) is 19.9 Å². The quantitative estimate of drug-likeness (QED) is 0.287. The van der Waals surface area contributed by atoms with Gasteiger partial charge in [-0.1, -0.05) is 0 Å². The van der Waals surface area contributed by atoms with Gasteiger partial charge in [-0.3, -0.25) is 0 Å². The molecule has 3 aromatic rings. The molecule has 0 amide bonds. The molecule has 0 spiro atoms. The van der Waals surface area contributed by atoms with Crippen LogP contribution in [0.25, 0.3) is 16.6 Å². The van der Waals surface area contributed by atoms with Gasteiger partial charge in [-0.05, 0) is 32.0 Å². The molecule has 32 heavy (non-hydrogen) atoms. The van der Waals surface area contributed by atoms with Crippen molar-refractivity contribution < 1.29 is 9.47 Å². The van der Waals surface area contributed by atoms with Crippen molar-refractivity contribution >= 4 is 34.1 Å². The van der Waals surface area contributed by atoms with Crippen molar-refractivity contribution in [1.82, 2.24) is 24.9 Å². The Balaban J connectivity index is 1.91. The first-order valence-electron chi connectivity index (χ1n) is 9.91. The number of aromatic nitrogens is 4. The van der Waals surface area contributed by atoms with Crippen LogP contribution in [0, 0.1) is 0 Å². The molecule has 6 N–H and O–H groups in total. The highest BCUT2D eigenvalue weighted by Crippen LogP contribution is 2.28. The van der Waals surface area contributed by atoms with Crippen molar-refractivity contribution in [3.8, 4) is 5.88 Å². The van der Waals surface area contributed by atoms with E-state index >= 15 is 0 Å². The second-order valence-electron chi connectivity index (χ2n) is 7.65. The maximum absolute atomic E-state index is 5.81. The van der Waals surface area contributed by atoms with Gasteiger partial charge in [0, 0.05) is 44.7 Å². The van der Waals surface area contributed by atoms with Crippen molar-refractivity contribution in [2.24, 2.45) is 11.6 Å². The number of pyridine rings is 2. The number of methoxy groups -OCH3 is 2. The van der Waals surface area contributed by atoms with Crippen LogP contribution in [0.4, 0.5) is 17.5 Å². The minimum atomic E-state index is -0.354. The van der Waals surface area contributed by atoms with Crippen LogP contribution in [0.3, 0.4) is 0 Å². The van der Waals surface area contributed by atoms with Crippen molar-refractivity contribution in [2.45, 2.75) is 19.4 Å². The average Bonchev–Trinajstić information content (AvgIpc) is 2.78. The topological polar surface area (TPSA) is 149 Å². The Kier molecular flexibility index (Phi) is 6.91. The van der Waals surface area contributed by atoms with Crippen LogP contribution < -0.4 is 26.9 Å². The molecule has 0 aliphatic carbocycles. The molecule has 11 nitrogen and oxygen atoms in total. The summed E-state index contributed by atoms with van der Waals surface area (Å²) in [4.78, 5) is 17.9. The molecule has 0 fully saturated rings. The van der Waals surface area contributed by atoms with Crippen molar-refractivity contribution in [1.29, 1.82) is 0 Å². The number of ether oxygens (including phenoxy) is 2. The van der Waals surface area contributed by atoms with Gasteiger partial charge in [-0.25, -0.2) is 25.8 Å². The second kappa shape index (κ2) is 9.62. The van der Waals surface area contributed by atoms with Crippen LogP contribution in [0.5, 0.6) is 5.88 Å². The van der Waals surface area contributed by atoms with Gasteiger partial charge >= 0.3 is 0 Å². The Bertz CT molecular complexity index is 1120. The summed E-state index contributed by atoms with van der Waals surface area (Å²) < 4.78 is 10.9. The Morgan fingerprint density at radius 3 is 2.62 bits per heavy atom. The molecule has 0 aliphatic heterocycles.